The van der Waals surface area contributed by atoms with Crippen LogP contribution in [0.25, 0.3) is 0 Å². The Morgan fingerprint density at radius 3 is 2.48 bits per heavy atom. The van der Waals surface area contributed by atoms with Gasteiger partial charge in [-0.1, -0.05) is 0 Å². The molecule has 0 aliphatic rings. The highest BCUT2D eigenvalue weighted by Crippen LogP contribution is 2.25. The van der Waals surface area contributed by atoms with E-state index < -0.39 is 35.0 Å². The molecule has 3 N–H and O–H groups in total. The zero-order chi connectivity index (χ0) is 15.6. The normalized spacial score (nSPS) is 10.2. The molecular formula is C13H8F2N2O4. The van der Waals surface area contributed by atoms with Crippen molar-refractivity contribution in [3.05, 3.63) is 53.2 Å². The van der Waals surface area contributed by atoms with Gasteiger partial charge >= 0.3 is 5.97 Å². The van der Waals surface area contributed by atoms with Gasteiger partial charge in [-0.25, -0.2) is 18.6 Å². The summed E-state index contributed by atoms with van der Waals surface area (Å²) in [6, 6.07) is 4.01. The van der Waals surface area contributed by atoms with Gasteiger partial charge in [-0.3, -0.25) is 4.79 Å². The molecule has 8 heteroatoms. The first kappa shape index (κ1) is 14.4. The van der Waals surface area contributed by atoms with Gasteiger partial charge in [0.2, 0.25) is 0 Å². The van der Waals surface area contributed by atoms with Crippen molar-refractivity contribution in [2.45, 2.75) is 0 Å². The van der Waals surface area contributed by atoms with E-state index in [2.05, 4.69) is 4.98 Å². The maximum absolute atomic E-state index is 13.8. The zero-order valence-corrected chi connectivity index (χ0v) is 10.3. The van der Waals surface area contributed by atoms with Crippen LogP contribution in [0.4, 0.5) is 8.78 Å². The zero-order valence-electron chi connectivity index (χ0n) is 10.3. The molecule has 1 heterocycles. The largest absolute Gasteiger partial charge is 0.478 e. The summed E-state index contributed by atoms with van der Waals surface area (Å²) in [6.45, 7) is 0. The first-order valence-corrected chi connectivity index (χ1v) is 5.55. The van der Waals surface area contributed by atoms with Crippen molar-refractivity contribution in [3.8, 4) is 11.6 Å². The third kappa shape index (κ3) is 2.94. The molecule has 0 saturated heterocycles. The molecule has 0 fully saturated rings. The predicted molar refractivity (Wildman–Crippen MR) is 66.1 cm³/mol. The number of hydrogen-bond acceptors (Lipinski definition) is 4. The molecule has 2 rings (SSSR count). The van der Waals surface area contributed by atoms with Gasteiger partial charge in [0.1, 0.15) is 17.1 Å². The van der Waals surface area contributed by atoms with Crippen LogP contribution in [0.15, 0.2) is 30.5 Å². The number of halogens is 2. The monoisotopic (exact) mass is 294 g/mol. The SMILES string of the molecule is NC(=O)c1ccc(Oc2nccc(C(=O)O)c2F)cc1F. The van der Waals surface area contributed by atoms with Crippen molar-refractivity contribution < 1.29 is 28.2 Å². The number of carboxylic acids is 1. The lowest BCUT2D eigenvalue weighted by Crippen LogP contribution is -2.13. The smallest absolute Gasteiger partial charge is 0.338 e. The number of rotatable bonds is 4. The minimum atomic E-state index is -1.49. The second-order valence-electron chi connectivity index (χ2n) is 3.89. The minimum Gasteiger partial charge on any atom is -0.478 e. The van der Waals surface area contributed by atoms with Crippen LogP contribution in [0.2, 0.25) is 0 Å². The minimum absolute atomic E-state index is 0.161. The number of ether oxygens (including phenoxy) is 1. The Kier molecular flexibility index (Phi) is 3.79. The summed E-state index contributed by atoms with van der Waals surface area (Å²) in [6.07, 6.45) is 1.04. The average Bonchev–Trinajstić information content (AvgIpc) is 2.40. The fourth-order valence-corrected chi connectivity index (χ4v) is 1.53. The van der Waals surface area contributed by atoms with Crippen molar-refractivity contribution >= 4 is 11.9 Å². The molecule has 0 atom stereocenters. The summed E-state index contributed by atoms with van der Waals surface area (Å²) in [5.41, 5.74) is 3.96. The molecule has 21 heavy (non-hydrogen) atoms. The van der Waals surface area contributed by atoms with Crippen LogP contribution < -0.4 is 10.5 Å². The Morgan fingerprint density at radius 2 is 1.90 bits per heavy atom. The molecule has 0 unspecified atom stereocenters. The molecule has 0 aliphatic carbocycles. The number of nitrogens with two attached hydrogens (primary N) is 1. The molecule has 0 spiro atoms. The van der Waals surface area contributed by atoms with Crippen LogP contribution in [-0.4, -0.2) is 22.0 Å². The maximum atomic E-state index is 13.8. The molecule has 2 aromatic rings. The number of pyridine rings is 1. The van der Waals surface area contributed by atoms with Crippen molar-refractivity contribution in [2.24, 2.45) is 5.73 Å². The first-order valence-electron chi connectivity index (χ1n) is 5.55. The number of amides is 1. The number of benzene rings is 1. The van der Waals surface area contributed by atoms with Gasteiger partial charge in [-0.05, 0) is 18.2 Å². The molecule has 108 valence electrons. The summed E-state index contributed by atoms with van der Waals surface area (Å²) in [5.74, 6) is -5.38. The van der Waals surface area contributed by atoms with Crippen molar-refractivity contribution in [3.63, 3.8) is 0 Å². The fraction of sp³-hybridized carbons (Fsp3) is 0. The van der Waals surface area contributed by atoms with Crippen LogP contribution in [0.3, 0.4) is 0 Å². The molecule has 1 amide bonds. The van der Waals surface area contributed by atoms with Crippen molar-refractivity contribution in [2.75, 3.05) is 0 Å². The lowest BCUT2D eigenvalue weighted by molar-refractivity contribution is 0.0690. The summed E-state index contributed by atoms with van der Waals surface area (Å²) in [7, 11) is 0. The maximum Gasteiger partial charge on any atom is 0.338 e. The highest BCUT2D eigenvalue weighted by Gasteiger charge is 2.17. The van der Waals surface area contributed by atoms with E-state index in [1.165, 1.54) is 6.07 Å². The van der Waals surface area contributed by atoms with Gasteiger partial charge in [0.25, 0.3) is 11.8 Å². The number of nitrogens with zero attached hydrogens (tertiary/aromatic N) is 1. The highest BCUT2D eigenvalue weighted by molar-refractivity contribution is 5.93. The van der Waals surface area contributed by atoms with Gasteiger partial charge < -0.3 is 15.6 Å². The Morgan fingerprint density at radius 1 is 1.19 bits per heavy atom. The molecule has 1 aromatic heterocycles. The van der Waals surface area contributed by atoms with Crippen LogP contribution in [-0.2, 0) is 0 Å². The standard InChI is InChI=1S/C13H8F2N2O4/c14-9-5-6(1-2-7(9)11(16)18)21-12-10(15)8(13(19)20)3-4-17-12/h1-5H,(H2,16,18)(H,19,20). The van der Waals surface area contributed by atoms with E-state index in [1.54, 1.807) is 0 Å². The quantitative estimate of drug-likeness (QED) is 0.897. The lowest BCUT2D eigenvalue weighted by Gasteiger charge is -2.08. The van der Waals surface area contributed by atoms with Gasteiger partial charge in [-0.2, -0.15) is 0 Å². The number of carbonyl (C=O) groups is 2. The average molecular weight is 294 g/mol. The first-order chi connectivity index (χ1) is 9.90. The van der Waals surface area contributed by atoms with E-state index in [4.69, 9.17) is 15.6 Å². The Labute approximate surface area is 116 Å². The molecule has 0 aliphatic heterocycles. The summed E-state index contributed by atoms with van der Waals surface area (Å²) >= 11 is 0. The molecule has 0 radical (unpaired) electrons. The highest BCUT2D eigenvalue weighted by atomic mass is 19.1. The number of aromatic nitrogens is 1. The topological polar surface area (TPSA) is 103 Å². The number of carboxylic acid groups (broad SMARTS) is 1. The summed E-state index contributed by atoms with van der Waals surface area (Å²) in [5, 5.41) is 8.76. The second-order valence-corrected chi connectivity index (χ2v) is 3.89. The van der Waals surface area contributed by atoms with Gasteiger partial charge in [0.05, 0.1) is 5.56 Å². The number of hydrogen-bond donors (Lipinski definition) is 2. The predicted octanol–water partition coefficient (Wildman–Crippen LogP) is 1.95. The van der Waals surface area contributed by atoms with Crippen LogP contribution in [0.5, 0.6) is 11.6 Å². The number of carbonyl (C=O) groups excluding carboxylic acids is 1. The molecule has 0 saturated carbocycles. The van der Waals surface area contributed by atoms with Crippen LogP contribution in [0.1, 0.15) is 20.7 Å². The van der Waals surface area contributed by atoms with E-state index >= 15 is 0 Å². The third-order valence-electron chi connectivity index (χ3n) is 2.51. The van der Waals surface area contributed by atoms with Gasteiger partial charge in [0, 0.05) is 12.3 Å². The van der Waals surface area contributed by atoms with Crippen molar-refractivity contribution in [1.82, 2.24) is 4.98 Å². The molecule has 0 bridgehead atoms. The summed E-state index contributed by atoms with van der Waals surface area (Å²) in [4.78, 5) is 25.2. The Balaban J connectivity index is 2.35. The number of primary amides is 1. The fourth-order valence-electron chi connectivity index (χ4n) is 1.53. The molecule has 6 nitrogen and oxygen atoms in total. The Hall–Kier alpha value is -3.03. The van der Waals surface area contributed by atoms with Crippen LogP contribution in [0, 0.1) is 11.6 Å². The van der Waals surface area contributed by atoms with Gasteiger partial charge in [-0.15, -0.1) is 0 Å². The Bertz CT molecular complexity index is 734. The van der Waals surface area contributed by atoms with E-state index in [9.17, 15) is 18.4 Å². The van der Waals surface area contributed by atoms with Crippen LogP contribution >= 0.6 is 0 Å². The van der Waals surface area contributed by atoms with E-state index in [0.717, 1.165) is 24.4 Å². The summed E-state index contributed by atoms with van der Waals surface area (Å²) < 4.78 is 32.3. The number of aromatic carboxylic acids is 1. The van der Waals surface area contributed by atoms with E-state index in [0.29, 0.717) is 0 Å². The second kappa shape index (κ2) is 5.53. The van der Waals surface area contributed by atoms with Gasteiger partial charge in [0.15, 0.2) is 5.82 Å². The third-order valence-corrected chi connectivity index (χ3v) is 2.51. The van der Waals surface area contributed by atoms with E-state index in [1.807, 2.05) is 0 Å². The molecular weight excluding hydrogens is 286 g/mol. The lowest BCUT2D eigenvalue weighted by atomic mass is 10.2. The van der Waals surface area contributed by atoms with E-state index in [-0.39, 0.29) is 11.3 Å². The van der Waals surface area contributed by atoms with Crippen molar-refractivity contribution in [1.29, 1.82) is 0 Å². The molecule has 1 aromatic carbocycles.